The molecule has 4 nitrogen and oxygen atoms in total. The standard InChI is InChI=1S/C17H13ClO4/c1-11(19)12-2-4-14(5-3-12)17(21)22-10-16(20)13-6-8-15(18)9-7-13/h2-9H,10H2,1H3. The van der Waals surface area contributed by atoms with E-state index in [4.69, 9.17) is 16.3 Å². The molecule has 0 aliphatic carbocycles. The van der Waals surface area contributed by atoms with E-state index in [2.05, 4.69) is 0 Å². The second-order valence-electron chi connectivity index (χ2n) is 4.64. The molecule has 5 heteroatoms. The Morgan fingerprint density at radius 1 is 0.864 bits per heavy atom. The maximum absolute atomic E-state index is 11.9. The van der Waals surface area contributed by atoms with Crippen molar-refractivity contribution in [2.45, 2.75) is 6.92 Å². The van der Waals surface area contributed by atoms with Crippen LogP contribution in [-0.4, -0.2) is 24.1 Å². The fraction of sp³-hybridized carbons (Fsp3) is 0.118. The van der Waals surface area contributed by atoms with E-state index >= 15 is 0 Å². The summed E-state index contributed by atoms with van der Waals surface area (Å²) in [5, 5.41) is 0.527. The lowest BCUT2D eigenvalue weighted by molar-refractivity contribution is 0.0474. The highest BCUT2D eigenvalue weighted by Crippen LogP contribution is 2.11. The molecule has 2 aromatic rings. The van der Waals surface area contributed by atoms with Crippen LogP contribution in [0.25, 0.3) is 0 Å². The Bertz CT molecular complexity index is 702. The first kappa shape index (κ1) is 15.9. The molecule has 0 fully saturated rings. The average molecular weight is 317 g/mol. The quantitative estimate of drug-likeness (QED) is 0.625. The lowest BCUT2D eigenvalue weighted by Crippen LogP contribution is -2.14. The van der Waals surface area contributed by atoms with Gasteiger partial charge in [-0.15, -0.1) is 0 Å². The number of carbonyl (C=O) groups excluding carboxylic acids is 3. The van der Waals surface area contributed by atoms with Crippen LogP contribution >= 0.6 is 11.6 Å². The summed E-state index contributed by atoms with van der Waals surface area (Å²) in [6, 6.07) is 12.4. The Balaban J connectivity index is 1.96. The van der Waals surface area contributed by atoms with Gasteiger partial charge in [-0.25, -0.2) is 4.79 Å². The summed E-state index contributed by atoms with van der Waals surface area (Å²) in [5.41, 5.74) is 1.21. The van der Waals surface area contributed by atoms with E-state index in [1.165, 1.54) is 19.1 Å². The molecule has 0 aromatic heterocycles. The molecule has 112 valence electrons. The zero-order chi connectivity index (χ0) is 16.1. The predicted molar refractivity (Wildman–Crippen MR) is 82.5 cm³/mol. The Kier molecular flexibility index (Phi) is 5.07. The molecule has 0 atom stereocenters. The molecule has 0 saturated heterocycles. The van der Waals surface area contributed by atoms with Crippen LogP contribution < -0.4 is 0 Å². The molecule has 2 aromatic carbocycles. The fourth-order valence-corrected chi connectivity index (χ4v) is 1.90. The van der Waals surface area contributed by atoms with Gasteiger partial charge >= 0.3 is 5.97 Å². The number of rotatable bonds is 5. The van der Waals surface area contributed by atoms with Gasteiger partial charge in [0.2, 0.25) is 0 Å². The maximum Gasteiger partial charge on any atom is 0.338 e. The Morgan fingerprint density at radius 2 is 1.36 bits per heavy atom. The third-order valence-corrected chi connectivity index (χ3v) is 3.28. The van der Waals surface area contributed by atoms with Crippen molar-refractivity contribution >= 4 is 29.1 Å². The van der Waals surface area contributed by atoms with Gasteiger partial charge in [0.05, 0.1) is 5.56 Å². The van der Waals surface area contributed by atoms with Crippen LogP contribution in [0.3, 0.4) is 0 Å². The molecule has 0 aliphatic heterocycles. The van der Waals surface area contributed by atoms with Crippen molar-refractivity contribution in [3.63, 3.8) is 0 Å². The first-order chi connectivity index (χ1) is 10.5. The minimum Gasteiger partial charge on any atom is -0.454 e. The van der Waals surface area contributed by atoms with Crippen LogP contribution in [0.5, 0.6) is 0 Å². The summed E-state index contributed by atoms with van der Waals surface area (Å²) in [7, 11) is 0. The third kappa shape index (κ3) is 4.02. The lowest BCUT2D eigenvalue weighted by atomic mass is 10.1. The van der Waals surface area contributed by atoms with E-state index in [-0.39, 0.29) is 23.7 Å². The summed E-state index contributed by atoms with van der Waals surface area (Å²) in [5.74, 6) is -1.01. The normalized spacial score (nSPS) is 10.1. The molecule has 0 N–H and O–H groups in total. The number of ketones is 2. The SMILES string of the molecule is CC(=O)c1ccc(C(=O)OCC(=O)c2ccc(Cl)cc2)cc1. The molecule has 0 saturated carbocycles. The molecule has 0 heterocycles. The van der Waals surface area contributed by atoms with Crippen LogP contribution in [0.2, 0.25) is 5.02 Å². The summed E-state index contributed by atoms with van der Waals surface area (Å²) in [6.45, 7) is 1.09. The Hall–Kier alpha value is -2.46. The van der Waals surface area contributed by atoms with Gasteiger partial charge in [0, 0.05) is 16.1 Å². The second-order valence-corrected chi connectivity index (χ2v) is 5.08. The molecular weight excluding hydrogens is 304 g/mol. The van der Waals surface area contributed by atoms with Crippen molar-refractivity contribution in [3.8, 4) is 0 Å². The number of halogens is 1. The molecule has 0 aliphatic rings. The van der Waals surface area contributed by atoms with Crippen LogP contribution in [-0.2, 0) is 4.74 Å². The van der Waals surface area contributed by atoms with Crippen molar-refractivity contribution in [2.75, 3.05) is 6.61 Å². The number of benzene rings is 2. The maximum atomic E-state index is 11.9. The molecule has 2 rings (SSSR count). The largest absolute Gasteiger partial charge is 0.454 e. The van der Waals surface area contributed by atoms with Crippen LogP contribution in [0.1, 0.15) is 38.0 Å². The zero-order valence-corrected chi connectivity index (χ0v) is 12.6. The minimum absolute atomic E-state index is 0.0853. The van der Waals surface area contributed by atoms with Gasteiger partial charge in [0.1, 0.15) is 0 Å². The second kappa shape index (κ2) is 7.00. The van der Waals surface area contributed by atoms with Crippen molar-refractivity contribution in [1.29, 1.82) is 0 Å². The zero-order valence-electron chi connectivity index (χ0n) is 11.8. The minimum atomic E-state index is -0.614. The topological polar surface area (TPSA) is 60.4 Å². The predicted octanol–water partition coefficient (Wildman–Crippen LogP) is 3.58. The molecule has 22 heavy (non-hydrogen) atoms. The highest BCUT2D eigenvalue weighted by molar-refractivity contribution is 6.30. The molecule has 0 amide bonds. The van der Waals surface area contributed by atoms with Gasteiger partial charge in [0.15, 0.2) is 18.2 Å². The summed E-state index contributed by atoms with van der Waals surface area (Å²) < 4.78 is 4.97. The fourth-order valence-electron chi connectivity index (χ4n) is 1.77. The van der Waals surface area contributed by atoms with Gasteiger partial charge in [-0.1, -0.05) is 23.7 Å². The van der Waals surface area contributed by atoms with E-state index in [0.717, 1.165) is 0 Å². The number of hydrogen-bond donors (Lipinski definition) is 0. The molecule has 0 bridgehead atoms. The van der Waals surface area contributed by atoms with Crippen molar-refractivity contribution in [2.24, 2.45) is 0 Å². The van der Waals surface area contributed by atoms with Crippen LogP contribution in [0.15, 0.2) is 48.5 Å². The molecule has 0 spiro atoms. The van der Waals surface area contributed by atoms with Gasteiger partial charge in [0.25, 0.3) is 0 Å². The Morgan fingerprint density at radius 3 is 1.91 bits per heavy atom. The third-order valence-electron chi connectivity index (χ3n) is 3.03. The first-order valence-corrected chi connectivity index (χ1v) is 6.92. The number of ether oxygens (including phenoxy) is 1. The molecule has 0 radical (unpaired) electrons. The van der Waals surface area contributed by atoms with Crippen molar-refractivity contribution < 1.29 is 19.1 Å². The summed E-state index contributed by atoms with van der Waals surface area (Å²) in [6.07, 6.45) is 0. The highest BCUT2D eigenvalue weighted by Gasteiger charge is 2.12. The summed E-state index contributed by atoms with van der Waals surface area (Å²) in [4.78, 5) is 34.9. The number of Topliss-reactive ketones (excluding diaryl/α,β-unsaturated/α-hetero) is 2. The average Bonchev–Trinajstić information content (AvgIpc) is 2.53. The van der Waals surface area contributed by atoms with E-state index in [0.29, 0.717) is 16.1 Å². The van der Waals surface area contributed by atoms with E-state index < -0.39 is 5.97 Å². The van der Waals surface area contributed by atoms with Crippen LogP contribution in [0.4, 0.5) is 0 Å². The van der Waals surface area contributed by atoms with E-state index in [1.807, 2.05) is 0 Å². The van der Waals surface area contributed by atoms with Gasteiger partial charge < -0.3 is 4.74 Å². The van der Waals surface area contributed by atoms with E-state index in [9.17, 15) is 14.4 Å². The smallest absolute Gasteiger partial charge is 0.338 e. The molecular formula is C17H13ClO4. The van der Waals surface area contributed by atoms with Crippen molar-refractivity contribution in [1.82, 2.24) is 0 Å². The highest BCUT2D eigenvalue weighted by atomic mass is 35.5. The van der Waals surface area contributed by atoms with Crippen LogP contribution in [0, 0.1) is 0 Å². The van der Waals surface area contributed by atoms with Gasteiger partial charge in [-0.2, -0.15) is 0 Å². The first-order valence-electron chi connectivity index (χ1n) is 6.54. The van der Waals surface area contributed by atoms with Crippen molar-refractivity contribution in [3.05, 3.63) is 70.2 Å². The number of carbonyl (C=O) groups is 3. The number of hydrogen-bond acceptors (Lipinski definition) is 4. The Labute approximate surface area is 132 Å². The summed E-state index contributed by atoms with van der Waals surface area (Å²) >= 11 is 5.74. The van der Waals surface area contributed by atoms with Gasteiger partial charge in [-0.3, -0.25) is 9.59 Å². The lowest BCUT2D eigenvalue weighted by Gasteiger charge is -2.05. The van der Waals surface area contributed by atoms with Gasteiger partial charge in [-0.05, 0) is 43.3 Å². The number of esters is 1. The monoisotopic (exact) mass is 316 g/mol. The van der Waals surface area contributed by atoms with E-state index in [1.54, 1.807) is 36.4 Å². The molecule has 0 unspecified atom stereocenters.